The van der Waals surface area contributed by atoms with Crippen molar-refractivity contribution in [2.45, 2.75) is 26.3 Å². The summed E-state index contributed by atoms with van der Waals surface area (Å²) in [5, 5.41) is 3.32. The van der Waals surface area contributed by atoms with Crippen molar-refractivity contribution in [1.29, 1.82) is 0 Å². The van der Waals surface area contributed by atoms with Crippen LogP contribution in [0, 0.1) is 13.8 Å². The third kappa shape index (κ3) is 4.04. The number of aryl methyl sites for hydroxylation is 2. The molecule has 2 aromatic rings. The van der Waals surface area contributed by atoms with E-state index >= 15 is 0 Å². The van der Waals surface area contributed by atoms with Crippen LogP contribution < -0.4 is 5.32 Å². The van der Waals surface area contributed by atoms with Gasteiger partial charge < -0.3 is 10.2 Å². The first kappa shape index (κ1) is 18.4. The van der Waals surface area contributed by atoms with Gasteiger partial charge in [-0.3, -0.25) is 9.78 Å². The highest BCUT2D eigenvalue weighted by Gasteiger charge is 2.33. The van der Waals surface area contributed by atoms with Gasteiger partial charge in [0.2, 0.25) is 0 Å². The number of anilines is 2. The van der Waals surface area contributed by atoms with Gasteiger partial charge in [-0.25, -0.2) is 8.42 Å². The highest BCUT2D eigenvalue weighted by atomic mass is 32.2. The summed E-state index contributed by atoms with van der Waals surface area (Å²) in [7, 11) is -1.40. The zero-order valence-corrected chi connectivity index (χ0v) is 16.0. The van der Waals surface area contributed by atoms with E-state index in [4.69, 9.17) is 0 Å². The summed E-state index contributed by atoms with van der Waals surface area (Å²) < 4.78 is 23.3. The van der Waals surface area contributed by atoms with Gasteiger partial charge in [-0.2, -0.15) is 0 Å². The molecule has 26 heavy (non-hydrogen) atoms. The number of carbonyl (C=O) groups is 1. The summed E-state index contributed by atoms with van der Waals surface area (Å²) in [6, 6.07) is 9.35. The number of carbonyl (C=O) groups excluding carboxylic acids is 1. The summed E-state index contributed by atoms with van der Waals surface area (Å²) >= 11 is 0. The van der Waals surface area contributed by atoms with Crippen LogP contribution in [0.1, 0.15) is 28.0 Å². The Kier molecular flexibility index (Phi) is 5.00. The Morgan fingerprint density at radius 1 is 1.23 bits per heavy atom. The van der Waals surface area contributed by atoms with E-state index in [1.807, 2.05) is 32.0 Å². The number of nitrogens with zero attached hydrogens (tertiary/aromatic N) is 2. The van der Waals surface area contributed by atoms with Crippen LogP contribution in [0.3, 0.4) is 0 Å². The molecule has 1 N–H and O–H groups in total. The summed E-state index contributed by atoms with van der Waals surface area (Å²) in [5.74, 6) is -0.108. The lowest BCUT2D eigenvalue weighted by atomic mass is 10.1. The van der Waals surface area contributed by atoms with Gasteiger partial charge in [-0.1, -0.05) is 12.1 Å². The van der Waals surface area contributed by atoms with Crippen LogP contribution in [0.4, 0.5) is 11.4 Å². The van der Waals surface area contributed by atoms with Crippen LogP contribution in [0.25, 0.3) is 0 Å². The lowest BCUT2D eigenvalue weighted by Crippen LogP contribution is -2.38. The van der Waals surface area contributed by atoms with E-state index in [9.17, 15) is 13.2 Å². The molecule has 6 nitrogen and oxygen atoms in total. The highest BCUT2D eigenvalue weighted by molar-refractivity contribution is 7.91. The van der Waals surface area contributed by atoms with Gasteiger partial charge >= 0.3 is 0 Å². The Morgan fingerprint density at radius 3 is 2.69 bits per heavy atom. The molecular weight excluding hydrogens is 350 g/mol. The van der Waals surface area contributed by atoms with Crippen LogP contribution in [-0.2, 0) is 9.84 Å². The highest BCUT2D eigenvalue weighted by Crippen LogP contribution is 2.23. The van der Waals surface area contributed by atoms with E-state index in [-0.39, 0.29) is 23.5 Å². The Balaban J connectivity index is 1.78. The first-order valence-electron chi connectivity index (χ1n) is 8.53. The fraction of sp³-hybridized carbons (Fsp3) is 0.368. The van der Waals surface area contributed by atoms with Crippen LogP contribution in [0.15, 0.2) is 36.5 Å². The number of pyridine rings is 1. The number of nitrogens with one attached hydrogen (secondary N) is 1. The van der Waals surface area contributed by atoms with Gasteiger partial charge in [0.05, 0.1) is 11.5 Å². The van der Waals surface area contributed by atoms with E-state index in [0.29, 0.717) is 12.1 Å². The van der Waals surface area contributed by atoms with Crippen molar-refractivity contribution in [3.8, 4) is 0 Å². The van der Waals surface area contributed by atoms with Gasteiger partial charge in [-0.15, -0.1) is 0 Å². The molecule has 1 unspecified atom stereocenters. The van der Waals surface area contributed by atoms with Gasteiger partial charge in [0, 0.05) is 30.7 Å². The lowest BCUT2D eigenvalue weighted by Gasteiger charge is -2.23. The molecule has 1 aliphatic rings. The molecule has 1 saturated heterocycles. The molecule has 138 valence electrons. The Labute approximate surface area is 154 Å². The second kappa shape index (κ2) is 7.07. The maximum Gasteiger partial charge on any atom is 0.272 e. The topological polar surface area (TPSA) is 79.4 Å². The van der Waals surface area contributed by atoms with E-state index in [0.717, 1.165) is 22.5 Å². The molecule has 0 bridgehead atoms. The van der Waals surface area contributed by atoms with E-state index in [1.54, 1.807) is 25.4 Å². The number of amides is 1. The summed E-state index contributed by atoms with van der Waals surface area (Å²) in [6.45, 7) is 4.04. The van der Waals surface area contributed by atoms with Gasteiger partial charge in [0.15, 0.2) is 9.84 Å². The van der Waals surface area contributed by atoms with Crippen molar-refractivity contribution in [3.63, 3.8) is 0 Å². The zero-order chi connectivity index (χ0) is 18.9. The van der Waals surface area contributed by atoms with Crippen molar-refractivity contribution in [3.05, 3.63) is 53.3 Å². The average Bonchev–Trinajstić information content (AvgIpc) is 2.97. The predicted molar refractivity (Wildman–Crippen MR) is 103 cm³/mol. The van der Waals surface area contributed by atoms with Crippen LogP contribution in [0.2, 0.25) is 0 Å². The second-order valence-electron chi connectivity index (χ2n) is 6.85. The number of benzene rings is 1. The molecule has 1 fully saturated rings. The first-order valence-corrected chi connectivity index (χ1v) is 10.4. The van der Waals surface area contributed by atoms with Gasteiger partial charge in [-0.05, 0) is 49.6 Å². The summed E-state index contributed by atoms with van der Waals surface area (Å²) in [6.07, 6.45) is 2.06. The molecule has 2 heterocycles. The molecule has 1 aliphatic heterocycles. The number of rotatable bonds is 4. The number of hydrogen-bond acceptors (Lipinski definition) is 5. The fourth-order valence-electron chi connectivity index (χ4n) is 3.08. The molecule has 1 amide bonds. The second-order valence-corrected chi connectivity index (χ2v) is 9.07. The van der Waals surface area contributed by atoms with Crippen LogP contribution in [-0.4, -0.2) is 48.8 Å². The van der Waals surface area contributed by atoms with Crippen molar-refractivity contribution in [1.82, 2.24) is 9.88 Å². The number of hydrogen-bond donors (Lipinski definition) is 1. The molecule has 1 aromatic heterocycles. The lowest BCUT2D eigenvalue weighted by molar-refractivity contribution is 0.0742. The molecule has 0 saturated carbocycles. The van der Waals surface area contributed by atoms with Crippen LogP contribution in [0.5, 0.6) is 0 Å². The van der Waals surface area contributed by atoms with Crippen molar-refractivity contribution >= 4 is 27.1 Å². The molecule has 7 heteroatoms. The number of aromatic nitrogens is 1. The molecule has 0 spiro atoms. The Bertz CT molecular complexity index is 941. The number of sulfone groups is 1. The average molecular weight is 373 g/mol. The smallest absolute Gasteiger partial charge is 0.272 e. The maximum absolute atomic E-state index is 12.7. The van der Waals surface area contributed by atoms with Gasteiger partial charge in [0.25, 0.3) is 5.91 Å². The first-order chi connectivity index (χ1) is 12.2. The third-order valence-electron chi connectivity index (χ3n) is 4.73. The molecule has 3 rings (SSSR count). The van der Waals surface area contributed by atoms with Crippen molar-refractivity contribution in [2.75, 3.05) is 23.9 Å². The Hall–Kier alpha value is -2.41. The van der Waals surface area contributed by atoms with Crippen molar-refractivity contribution in [2.24, 2.45) is 0 Å². The molecule has 0 radical (unpaired) electrons. The standard InChI is InChI=1S/C19H23N3O3S/c1-13-4-5-14(2)17(10-13)21-15-6-8-20-18(11-15)19(23)22(3)16-7-9-26(24,25)12-16/h4-6,8,10-11,16H,7,9,12H2,1-3H3,(H,20,21). The summed E-state index contributed by atoms with van der Waals surface area (Å²) in [5.41, 5.74) is 4.29. The molecule has 0 aliphatic carbocycles. The maximum atomic E-state index is 12.7. The van der Waals surface area contributed by atoms with Crippen LogP contribution >= 0.6 is 0 Å². The predicted octanol–water partition coefficient (Wildman–Crippen LogP) is 2.70. The van der Waals surface area contributed by atoms with E-state index < -0.39 is 9.84 Å². The SMILES string of the molecule is Cc1ccc(C)c(Nc2ccnc(C(=O)N(C)C3CCS(=O)(=O)C3)c2)c1. The quantitative estimate of drug-likeness (QED) is 0.891. The molecule has 1 atom stereocenters. The normalized spacial score (nSPS) is 18.5. The molecule has 1 aromatic carbocycles. The zero-order valence-electron chi connectivity index (χ0n) is 15.2. The minimum absolute atomic E-state index is 0.0235. The van der Waals surface area contributed by atoms with Gasteiger partial charge in [0.1, 0.15) is 5.69 Å². The molecular formula is C19H23N3O3S. The third-order valence-corrected chi connectivity index (χ3v) is 6.48. The summed E-state index contributed by atoms with van der Waals surface area (Å²) in [4.78, 5) is 18.4. The largest absolute Gasteiger partial charge is 0.355 e. The minimum atomic E-state index is -3.04. The van der Waals surface area contributed by atoms with E-state index in [2.05, 4.69) is 10.3 Å². The Morgan fingerprint density at radius 2 is 2.00 bits per heavy atom. The fourth-order valence-corrected chi connectivity index (χ4v) is 4.85. The monoisotopic (exact) mass is 373 g/mol. The van der Waals surface area contributed by atoms with E-state index in [1.165, 1.54) is 4.90 Å². The minimum Gasteiger partial charge on any atom is -0.355 e. The van der Waals surface area contributed by atoms with Crippen molar-refractivity contribution < 1.29 is 13.2 Å².